The van der Waals surface area contributed by atoms with Crippen LogP contribution in [0.2, 0.25) is 0 Å². The fourth-order valence-corrected chi connectivity index (χ4v) is 3.38. The Bertz CT molecular complexity index is 948. The van der Waals surface area contributed by atoms with Crippen molar-refractivity contribution in [1.82, 2.24) is 5.32 Å². The topological polar surface area (TPSA) is 92.3 Å². The van der Waals surface area contributed by atoms with Gasteiger partial charge in [0.1, 0.15) is 23.1 Å². The molecule has 0 heterocycles. The third-order valence-electron chi connectivity index (χ3n) is 4.90. The zero-order chi connectivity index (χ0) is 31.3. The van der Waals surface area contributed by atoms with Crippen molar-refractivity contribution < 1.29 is 34.7 Å². The highest BCUT2D eigenvalue weighted by Crippen LogP contribution is 2.40. The van der Waals surface area contributed by atoms with Crippen LogP contribution in [0.5, 0.6) is 11.5 Å². The van der Waals surface area contributed by atoms with E-state index in [2.05, 4.69) is 5.32 Å². The number of nitrogens with one attached hydrogen (secondary N) is 1. The number of amides is 1. The summed E-state index contributed by atoms with van der Waals surface area (Å²) in [7, 11) is 4.50. The largest absolute Gasteiger partial charge is 0.496 e. The smallest absolute Gasteiger partial charge is 0.408 e. The van der Waals surface area contributed by atoms with Crippen LogP contribution < -0.4 is 14.8 Å². The molecular formula is C32H55NO7. The van der Waals surface area contributed by atoms with Crippen LogP contribution in [0, 0.1) is 0 Å². The average molecular weight is 566 g/mol. The van der Waals surface area contributed by atoms with Gasteiger partial charge >= 0.3 is 12.1 Å². The average Bonchev–Trinajstić information content (AvgIpc) is 2.97. The molecule has 0 saturated heterocycles. The van der Waals surface area contributed by atoms with Crippen molar-refractivity contribution in [3.05, 3.63) is 47.5 Å². The van der Waals surface area contributed by atoms with Gasteiger partial charge < -0.3 is 29.0 Å². The van der Waals surface area contributed by atoms with Crippen molar-refractivity contribution in [3.8, 4) is 22.6 Å². The first-order valence-corrected chi connectivity index (χ1v) is 14.1. The predicted octanol–water partition coefficient (Wildman–Crippen LogP) is 7.84. The molecule has 0 fully saturated rings. The zero-order valence-electron chi connectivity index (χ0n) is 27.0. The maximum absolute atomic E-state index is 12.2. The van der Waals surface area contributed by atoms with Gasteiger partial charge in [-0.1, -0.05) is 65.8 Å². The molecule has 8 nitrogen and oxygen atoms in total. The highest BCUT2D eigenvalue weighted by atomic mass is 16.6. The molecule has 0 aliphatic heterocycles. The number of carbonyl (C=O) groups excluding carboxylic acids is 2. The van der Waals surface area contributed by atoms with Gasteiger partial charge in [-0.2, -0.15) is 0 Å². The molecule has 2 aromatic carbocycles. The summed E-state index contributed by atoms with van der Waals surface area (Å²) in [6.45, 7) is 20.3. The third kappa shape index (κ3) is 13.7. The Morgan fingerprint density at radius 1 is 0.850 bits per heavy atom. The van der Waals surface area contributed by atoms with E-state index in [0.717, 1.165) is 22.3 Å². The lowest BCUT2D eigenvalue weighted by atomic mass is 9.98. The van der Waals surface area contributed by atoms with Gasteiger partial charge in [0.25, 0.3) is 0 Å². The van der Waals surface area contributed by atoms with Crippen molar-refractivity contribution >= 4 is 12.1 Å². The molecule has 230 valence electrons. The lowest BCUT2D eigenvalue weighted by molar-refractivity contribution is -0.143. The predicted molar refractivity (Wildman–Crippen MR) is 165 cm³/mol. The summed E-state index contributed by atoms with van der Waals surface area (Å²) in [6, 6.07) is 10.6. The lowest BCUT2D eigenvalue weighted by Gasteiger charge is -2.22. The molecule has 2 rings (SSSR count). The number of esters is 1. The highest BCUT2D eigenvalue weighted by molar-refractivity contribution is 5.82. The molecule has 0 aromatic heterocycles. The van der Waals surface area contributed by atoms with Crippen LogP contribution in [-0.4, -0.2) is 51.6 Å². The standard InChI is InChI=1S/C26H35NO7.3C2H6.H2/c1-8-33-16-18-14-21(30-5)23(22(15-18)31-6)19-11-9-17(10-12-19)13-20(24(28)32-7)27-25(29)34-26(2,3)4;3*1-2;/h9-12,14-15,20H,8,13,16H2,1-7H3,(H,27,29);3*1-2H3;1H/t20-;;;;/m0..../s1. The minimum Gasteiger partial charge on any atom is -0.496 e. The maximum Gasteiger partial charge on any atom is 0.408 e. The summed E-state index contributed by atoms with van der Waals surface area (Å²) in [6.07, 6.45) is -0.436. The third-order valence-corrected chi connectivity index (χ3v) is 4.90. The van der Waals surface area contributed by atoms with Crippen LogP contribution >= 0.6 is 0 Å². The molecule has 0 aliphatic carbocycles. The number of ether oxygens (including phenoxy) is 5. The normalized spacial score (nSPS) is 10.6. The Morgan fingerprint density at radius 2 is 1.35 bits per heavy atom. The molecule has 1 amide bonds. The molecule has 2 aromatic rings. The minimum absolute atomic E-state index is 0. The summed E-state index contributed by atoms with van der Waals surface area (Å²) in [5, 5.41) is 2.59. The van der Waals surface area contributed by atoms with E-state index in [1.165, 1.54) is 7.11 Å². The summed E-state index contributed by atoms with van der Waals surface area (Å²) >= 11 is 0. The van der Waals surface area contributed by atoms with Crippen LogP contribution in [0.4, 0.5) is 4.79 Å². The van der Waals surface area contributed by atoms with Crippen LogP contribution in [0.25, 0.3) is 11.1 Å². The van der Waals surface area contributed by atoms with E-state index < -0.39 is 23.7 Å². The fourth-order valence-electron chi connectivity index (χ4n) is 3.38. The molecule has 0 aliphatic rings. The second-order valence-electron chi connectivity index (χ2n) is 8.64. The quantitative estimate of drug-likeness (QED) is 0.293. The summed E-state index contributed by atoms with van der Waals surface area (Å²) < 4.78 is 26.9. The molecule has 8 heteroatoms. The second-order valence-corrected chi connectivity index (χ2v) is 8.64. The molecule has 40 heavy (non-hydrogen) atoms. The van der Waals surface area contributed by atoms with E-state index in [1.807, 2.05) is 84.9 Å². The molecule has 0 unspecified atom stereocenters. The van der Waals surface area contributed by atoms with Crippen molar-refractivity contribution in [2.45, 2.75) is 93.9 Å². The van der Waals surface area contributed by atoms with E-state index in [1.54, 1.807) is 35.0 Å². The maximum atomic E-state index is 12.2. The number of hydrogen-bond donors (Lipinski definition) is 1. The molecular weight excluding hydrogens is 510 g/mol. The van der Waals surface area contributed by atoms with E-state index in [9.17, 15) is 9.59 Å². The van der Waals surface area contributed by atoms with E-state index in [0.29, 0.717) is 24.7 Å². The molecule has 1 atom stereocenters. The van der Waals surface area contributed by atoms with Gasteiger partial charge in [0.2, 0.25) is 0 Å². The van der Waals surface area contributed by atoms with E-state index >= 15 is 0 Å². The first kappa shape index (κ1) is 38.9. The van der Waals surface area contributed by atoms with E-state index in [-0.39, 0.29) is 7.85 Å². The van der Waals surface area contributed by atoms with Gasteiger partial charge in [0, 0.05) is 14.5 Å². The first-order chi connectivity index (χ1) is 19.1. The number of hydrogen-bond acceptors (Lipinski definition) is 7. The minimum atomic E-state index is -0.882. The Balaban J connectivity index is -0.00000193. The molecule has 1 N–H and O–H groups in total. The Kier molecular flexibility index (Phi) is 20.9. The molecule has 0 bridgehead atoms. The highest BCUT2D eigenvalue weighted by Gasteiger charge is 2.25. The van der Waals surface area contributed by atoms with Crippen molar-refractivity contribution in [2.24, 2.45) is 0 Å². The van der Waals surface area contributed by atoms with Crippen LogP contribution in [0.15, 0.2) is 36.4 Å². The Morgan fingerprint density at radius 3 is 1.75 bits per heavy atom. The zero-order valence-corrected chi connectivity index (χ0v) is 27.0. The number of rotatable bonds is 10. The van der Waals surface area contributed by atoms with Crippen LogP contribution in [-0.2, 0) is 32.0 Å². The molecule has 0 saturated carbocycles. The fraction of sp³-hybridized carbons (Fsp3) is 0.562. The number of carbonyl (C=O) groups is 2. The van der Waals surface area contributed by atoms with Gasteiger partial charge in [0.15, 0.2) is 0 Å². The van der Waals surface area contributed by atoms with Gasteiger partial charge in [-0.3, -0.25) is 0 Å². The van der Waals surface area contributed by atoms with Crippen molar-refractivity contribution in [3.63, 3.8) is 0 Å². The lowest BCUT2D eigenvalue weighted by Crippen LogP contribution is -2.45. The molecule has 0 spiro atoms. The van der Waals surface area contributed by atoms with Gasteiger partial charge in [-0.15, -0.1) is 0 Å². The second kappa shape index (κ2) is 21.5. The summed E-state index contributed by atoms with van der Waals surface area (Å²) in [4.78, 5) is 24.4. The Hall–Kier alpha value is -3.26. The molecule has 0 radical (unpaired) electrons. The van der Waals surface area contributed by atoms with Crippen LogP contribution in [0.1, 0.15) is 81.8 Å². The van der Waals surface area contributed by atoms with E-state index in [4.69, 9.17) is 23.7 Å². The Labute approximate surface area is 244 Å². The van der Waals surface area contributed by atoms with Crippen molar-refractivity contribution in [1.29, 1.82) is 0 Å². The van der Waals surface area contributed by atoms with Gasteiger partial charge in [0.05, 0.1) is 33.5 Å². The van der Waals surface area contributed by atoms with Crippen molar-refractivity contribution in [2.75, 3.05) is 27.9 Å². The van der Waals surface area contributed by atoms with Gasteiger partial charge in [-0.25, -0.2) is 9.59 Å². The number of methoxy groups -OCH3 is 3. The van der Waals surface area contributed by atoms with Gasteiger partial charge in [-0.05, 0) is 56.5 Å². The number of alkyl carbamates (subject to hydrolysis) is 1. The number of benzene rings is 2. The van der Waals surface area contributed by atoms with Crippen LogP contribution in [0.3, 0.4) is 0 Å². The first-order valence-electron chi connectivity index (χ1n) is 14.1. The monoisotopic (exact) mass is 565 g/mol. The summed E-state index contributed by atoms with van der Waals surface area (Å²) in [5.74, 6) is 0.782. The summed E-state index contributed by atoms with van der Waals surface area (Å²) in [5.41, 5.74) is 2.80. The SMILES string of the molecule is CC.CC.CC.CCOCc1cc(OC)c(-c2ccc(C[C@H](NC(=O)OC(C)(C)C)C(=O)OC)cc2)c(OC)c1.[HH].